The molecule has 1 fully saturated rings. The van der Waals surface area contributed by atoms with E-state index in [4.69, 9.17) is 4.74 Å². The van der Waals surface area contributed by atoms with Gasteiger partial charge < -0.3 is 21.6 Å². The molecule has 0 aromatic heterocycles. The van der Waals surface area contributed by atoms with Crippen molar-refractivity contribution >= 4 is 0 Å². The van der Waals surface area contributed by atoms with Crippen LogP contribution in [0.3, 0.4) is 0 Å². The Hall–Kier alpha value is -0.830. The van der Waals surface area contributed by atoms with Crippen molar-refractivity contribution < 1.29 is 21.6 Å². The minimum atomic E-state index is 0. The SMILES string of the molecule is CC(C)(CC1OC2CCCCC2C2=C1CCCC2)[N+](C)(C)Cc1ccccc1.[Cl-]. The molecule has 1 heterocycles. The number of hydrogen-bond donors (Lipinski definition) is 0. The molecule has 1 saturated carbocycles. The minimum Gasteiger partial charge on any atom is -1.00 e. The van der Waals surface area contributed by atoms with Gasteiger partial charge in [-0.3, -0.25) is 0 Å². The van der Waals surface area contributed by atoms with Crippen LogP contribution in [0.5, 0.6) is 0 Å². The van der Waals surface area contributed by atoms with Crippen molar-refractivity contribution in [1.82, 2.24) is 0 Å². The Morgan fingerprint density at radius 2 is 1.59 bits per heavy atom. The second-order valence-electron chi connectivity index (χ2n) is 10.7. The molecule has 162 valence electrons. The van der Waals surface area contributed by atoms with Crippen LogP contribution in [0.15, 0.2) is 41.5 Å². The van der Waals surface area contributed by atoms with Crippen molar-refractivity contribution in [3.8, 4) is 0 Å². The molecule has 0 saturated heterocycles. The van der Waals surface area contributed by atoms with Crippen LogP contribution in [0, 0.1) is 5.92 Å². The minimum absolute atomic E-state index is 0. The van der Waals surface area contributed by atoms with Crippen LogP contribution in [0.4, 0.5) is 0 Å². The molecule has 1 aromatic carbocycles. The predicted octanol–water partition coefficient (Wildman–Crippen LogP) is 3.26. The first-order valence-electron chi connectivity index (χ1n) is 11.6. The maximum atomic E-state index is 6.87. The lowest BCUT2D eigenvalue weighted by molar-refractivity contribution is -0.951. The summed E-state index contributed by atoms with van der Waals surface area (Å²) in [6, 6.07) is 11.0. The second-order valence-corrected chi connectivity index (χ2v) is 10.7. The van der Waals surface area contributed by atoms with Crippen molar-refractivity contribution in [2.75, 3.05) is 14.1 Å². The lowest BCUT2D eigenvalue weighted by Gasteiger charge is -2.50. The van der Waals surface area contributed by atoms with Crippen molar-refractivity contribution in [3.63, 3.8) is 0 Å². The summed E-state index contributed by atoms with van der Waals surface area (Å²) in [7, 11) is 4.80. The van der Waals surface area contributed by atoms with Crippen LogP contribution in [0.25, 0.3) is 0 Å². The summed E-state index contributed by atoms with van der Waals surface area (Å²) in [6.45, 7) is 5.98. The van der Waals surface area contributed by atoms with E-state index in [0.29, 0.717) is 12.2 Å². The number of fused-ring (bicyclic) bond motifs is 2. The summed E-state index contributed by atoms with van der Waals surface area (Å²) in [5.41, 5.74) is 5.13. The largest absolute Gasteiger partial charge is 1.00 e. The third kappa shape index (κ3) is 4.75. The van der Waals surface area contributed by atoms with Gasteiger partial charge in [0.15, 0.2) is 0 Å². The van der Waals surface area contributed by atoms with Gasteiger partial charge in [0.1, 0.15) is 6.54 Å². The van der Waals surface area contributed by atoms with Gasteiger partial charge in [0, 0.05) is 17.9 Å². The molecule has 0 spiro atoms. The molecule has 1 aliphatic heterocycles. The average molecular weight is 418 g/mol. The Kier molecular flexibility index (Phi) is 7.18. The first-order chi connectivity index (χ1) is 13.4. The second kappa shape index (κ2) is 9.12. The zero-order chi connectivity index (χ0) is 19.8. The van der Waals surface area contributed by atoms with Crippen LogP contribution in [-0.4, -0.2) is 36.3 Å². The van der Waals surface area contributed by atoms with Crippen molar-refractivity contribution in [3.05, 3.63) is 47.0 Å². The van der Waals surface area contributed by atoms with Gasteiger partial charge in [-0.2, -0.15) is 0 Å². The van der Waals surface area contributed by atoms with Crippen LogP contribution < -0.4 is 12.4 Å². The first kappa shape index (κ1) is 22.8. The molecule has 2 nitrogen and oxygen atoms in total. The van der Waals surface area contributed by atoms with Gasteiger partial charge in [0.05, 0.1) is 31.8 Å². The fourth-order valence-electron chi connectivity index (χ4n) is 5.82. The topological polar surface area (TPSA) is 9.23 Å². The summed E-state index contributed by atoms with van der Waals surface area (Å²) < 4.78 is 7.87. The highest BCUT2D eigenvalue weighted by atomic mass is 35.5. The van der Waals surface area contributed by atoms with E-state index in [9.17, 15) is 0 Å². The molecule has 3 unspecified atom stereocenters. The molecular formula is C26H40ClNO. The van der Waals surface area contributed by atoms with Gasteiger partial charge >= 0.3 is 0 Å². The lowest BCUT2D eigenvalue weighted by Crippen LogP contribution is -3.00. The summed E-state index contributed by atoms with van der Waals surface area (Å²) >= 11 is 0. The van der Waals surface area contributed by atoms with Gasteiger partial charge in [0.2, 0.25) is 0 Å². The van der Waals surface area contributed by atoms with Crippen LogP contribution >= 0.6 is 0 Å². The normalized spacial score (nSPS) is 27.7. The highest BCUT2D eigenvalue weighted by Gasteiger charge is 2.45. The average Bonchev–Trinajstić information content (AvgIpc) is 2.68. The number of halogens is 1. The third-order valence-electron chi connectivity index (χ3n) is 8.18. The van der Waals surface area contributed by atoms with E-state index in [-0.39, 0.29) is 17.9 Å². The van der Waals surface area contributed by atoms with E-state index < -0.39 is 0 Å². The zero-order valence-corrected chi connectivity index (χ0v) is 19.7. The van der Waals surface area contributed by atoms with Crippen molar-refractivity contribution in [1.29, 1.82) is 0 Å². The fourth-order valence-corrected chi connectivity index (χ4v) is 5.82. The summed E-state index contributed by atoms with van der Waals surface area (Å²) in [5, 5.41) is 0. The lowest BCUT2D eigenvalue weighted by atomic mass is 9.71. The fraction of sp³-hybridized carbons (Fsp3) is 0.692. The maximum Gasteiger partial charge on any atom is 0.104 e. The van der Waals surface area contributed by atoms with Gasteiger partial charge in [0.25, 0.3) is 0 Å². The standard InChI is InChI=1S/C26H40NO.ClH/c1-26(2,27(3,4)19-20-12-6-5-7-13-20)18-25-23-16-9-8-14-21(23)22-15-10-11-17-24(22)28-25;/h5-7,12-13,22,24-25H,8-11,14-19H2,1-4H3;1H/q+1;/p-1. The Morgan fingerprint density at radius 1 is 0.931 bits per heavy atom. The van der Waals surface area contributed by atoms with Crippen LogP contribution in [0.2, 0.25) is 0 Å². The highest BCUT2D eigenvalue weighted by molar-refractivity contribution is 5.28. The Bertz CT molecular complexity index is 709. The predicted molar refractivity (Wildman–Crippen MR) is 117 cm³/mol. The molecule has 3 atom stereocenters. The molecule has 0 bridgehead atoms. The maximum absolute atomic E-state index is 6.87. The van der Waals surface area contributed by atoms with E-state index in [1.807, 2.05) is 5.57 Å². The molecule has 3 aliphatic rings. The zero-order valence-electron chi connectivity index (χ0n) is 18.9. The molecule has 29 heavy (non-hydrogen) atoms. The monoisotopic (exact) mass is 417 g/mol. The quantitative estimate of drug-likeness (QED) is 0.527. The van der Waals surface area contributed by atoms with Gasteiger partial charge in [-0.05, 0) is 57.9 Å². The Balaban J connectivity index is 0.00000240. The van der Waals surface area contributed by atoms with E-state index >= 15 is 0 Å². The molecular weight excluding hydrogens is 378 g/mol. The van der Waals surface area contributed by atoms with Crippen molar-refractivity contribution in [2.45, 2.75) is 95.9 Å². The molecule has 0 amide bonds. The van der Waals surface area contributed by atoms with Gasteiger partial charge in [-0.1, -0.05) is 48.7 Å². The molecule has 4 rings (SSSR count). The number of quaternary nitrogens is 1. The molecule has 1 aromatic rings. The van der Waals surface area contributed by atoms with Crippen molar-refractivity contribution in [2.24, 2.45) is 5.92 Å². The summed E-state index contributed by atoms with van der Waals surface area (Å²) in [4.78, 5) is 0. The van der Waals surface area contributed by atoms with Gasteiger partial charge in [-0.15, -0.1) is 0 Å². The smallest absolute Gasteiger partial charge is 0.104 e. The molecule has 2 aliphatic carbocycles. The molecule has 0 radical (unpaired) electrons. The van der Waals surface area contributed by atoms with Crippen LogP contribution in [-0.2, 0) is 11.3 Å². The summed E-state index contributed by atoms with van der Waals surface area (Å²) in [5.74, 6) is 0.746. The molecule has 3 heteroatoms. The Labute approximate surface area is 184 Å². The molecule has 0 N–H and O–H groups in total. The van der Waals surface area contributed by atoms with E-state index in [2.05, 4.69) is 58.3 Å². The third-order valence-corrected chi connectivity index (χ3v) is 8.18. The van der Waals surface area contributed by atoms with E-state index in [0.717, 1.165) is 23.4 Å². The summed E-state index contributed by atoms with van der Waals surface area (Å²) in [6.07, 6.45) is 12.8. The number of nitrogens with zero attached hydrogens (tertiary/aromatic N) is 1. The Morgan fingerprint density at radius 3 is 2.31 bits per heavy atom. The number of hydrogen-bond acceptors (Lipinski definition) is 1. The van der Waals surface area contributed by atoms with E-state index in [1.54, 1.807) is 5.57 Å². The number of benzene rings is 1. The number of rotatable bonds is 5. The van der Waals surface area contributed by atoms with E-state index in [1.165, 1.54) is 56.9 Å². The first-order valence-corrected chi connectivity index (χ1v) is 11.6. The number of ether oxygens (including phenoxy) is 1. The van der Waals surface area contributed by atoms with Gasteiger partial charge in [-0.25, -0.2) is 0 Å². The highest BCUT2D eigenvalue weighted by Crippen LogP contribution is 2.47. The van der Waals surface area contributed by atoms with Crippen LogP contribution in [0.1, 0.15) is 77.2 Å².